The zero-order valence-corrected chi connectivity index (χ0v) is 12.2. The number of carbonyl (C=O) groups excluding carboxylic acids is 1. The number of hydrogen-bond donors (Lipinski definition) is 1. The van der Waals surface area contributed by atoms with E-state index in [0.717, 1.165) is 6.42 Å². The van der Waals surface area contributed by atoms with Crippen molar-refractivity contribution in [1.29, 1.82) is 0 Å². The van der Waals surface area contributed by atoms with Gasteiger partial charge < -0.3 is 10.1 Å². The largest absolute Gasteiger partial charge is 0.496 e. The molecule has 1 aliphatic carbocycles. The molecule has 104 valence electrons. The van der Waals surface area contributed by atoms with Crippen molar-refractivity contribution in [2.45, 2.75) is 38.6 Å². The van der Waals surface area contributed by atoms with Gasteiger partial charge in [-0.15, -0.1) is 0 Å². The molecule has 3 nitrogen and oxygen atoms in total. The Balaban J connectivity index is 2.13. The van der Waals surface area contributed by atoms with Gasteiger partial charge in [-0.25, -0.2) is 0 Å². The van der Waals surface area contributed by atoms with Crippen molar-refractivity contribution in [1.82, 2.24) is 5.32 Å². The standard InChI is InChI=1S/C15H20ClNO2/c1-10-5-3-4-6-13(10)17-15(18)12-9-11(16)7-8-14(12)19-2/h7-10,13H,3-6H2,1-2H3,(H,17,18)/t10-,13-/m1/s1. The minimum atomic E-state index is -0.0990. The highest BCUT2D eigenvalue weighted by Gasteiger charge is 2.24. The van der Waals surface area contributed by atoms with Crippen LogP contribution in [0.1, 0.15) is 43.0 Å². The molecule has 0 radical (unpaired) electrons. The molecule has 1 N–H and O–H groups in total. The summed E-state index contributed by atoms with van der Waals surface area (Å²) < 4.78 is 5.22. The molecule has 2 atom stereocenters. The summed E-state index contributed by atoms with van der Waals surface area (Å²) >= 11 is 5.95. The van der Waals surface area contributed by atoms with Gasteiger partial charge in [0.1, 0.15) is 5.75 Å². The molecule has 0 aliphatic heterocycles. The second kappa shape index (κ2) is 6.29. The zero-order valence-electron chi connectivity index (χ0n) is 11.4. The van der Waals surface area contributed by atoms with Crippen LogP contribution >= 0.6 is 11.6 Å². The fourth-order valence-electron chi connectivity index (χ4n) is 2.63. The summed E-state index contributed by atoms with van der Waals surface area (Å²) in [7, 11) is 1.56. The van der Waals surface area contributed by atoms with Crippen molar-refractivity contribution >= 4 is 17.5 Å². The van der Waals surface area contributed by atoms with Crippen molar-refractivity contribution in [3.05, 3.63) is 28.8 Å². The molecule has 19 heavy (non-hydrogen) atoms. The van der Waals surface area contributed by atoms with Crippen LogP contribution in [0.4, 0.5) is 0 Å². The molecule has 0 unspecified atom stereocenters. The number of ether oxygens (including phenoxy) is 1. The van der Waals surface area contributed by atoms with E-state index in [9.17, 15) is 4.79 Å². The summed E-state index contributed by atoms with van der Waals surface area (Å²) in [5.74, 6) is 0.992. The summed E-state index contributed by atoms with van der Waals surface area (Å²) in [5.41, 5.74) is 0.507. The molecule has 0 saturated heterocycles. The first-order chi connectivity index (χ1) is 9.11. The highest BCUT2D eigenvalue weighted by Crippen LogP contribution is 2.26. The number of methoxy groups -OCH3 is 1. The third-order valence-electron chi connectivity index (χ3n) is 3.83. The Morgan fingerprint density at radius 1 is 1.37 bits per heavy atom. The predicted molar refractivity (Wildman–Crippen MR) is 76.9 cm³/mol. The molecule has 1 aromatic rings. The van der Waals surface area contributed by atoms with Crippen molar-refractivity contribution in [2.75, 3.05) is 7.11 Å². The van der Waals surface area contributed by atoms with Crippen molar-refractivity contribution < 1.29 is 9.53 Å². The van der Waals surface area contributed by atoms with E-state index in [4.69, 9.17) is 16.3 Å². The third-order valence-corrected chi connectivity index (χ3v) is 4.07. The third kappa shape index (κ3) is 3.41. The summed E-state index contributed by atoms with van der Waals surface area (Å²) in [6, 6.07) is 5.36. The van der Waals surface area contributed by atoms with E-state index in [1.54, 1.807) is 25.3 Å². The molecule has 1 aromatic carbocycles. The minimum absolute atomic E-state index is 0.0990. The van der Waals surface area contributed by atoms with Crippen LogP contribution in [0, 0.1) is 5.92 Å². The van der Waals surface area contributed by atoms with E-state index in [2.05, 4.69) is 12.2 Å². The number of hydrogen-bond acceptors (Lipinski definition) is 2. The van der Waals surface area contributed by atoms with Crippen LogP contribution in [0.5, 0.6) is 5.75 Å². The van der Waals surface area contributed by atoms with Crippen LogP contribution < -0.4 is 10.1 Å². The number of benzene rings is 1. The number of rotatable bonds is 3. The average Bonchev–Trinajstić information content (AvgIpc) is 2.41. The fourth-order valence-corrected chi connectivity index (χ4v) is 2.81. The van der Waals surface area contributed by atoms with Gasteiger partial charge in [0.2, 0.25) is 0 Å². The van der Waals surface area contributed by atoms with E-state index < -0.39 is 0 Å². The number of amides is 1. The van der Waals surface area contributed by atoms with E-state index in [1.165, 1.54) is 19.3 Å². The van der Waals surface area contributed by atoms with Gasteiger partial charge in [-0.05, 0) is 37.0 Å². The SMILES string of the molecule is COc1ccc(Cl)cc1C(=O)N[C@@H]1CCCC[C@H]1C. The zero-order chi connectivity index (χ0) is 13.8. The Labute approximate surface area is 119 Å². The number of nitrogens with one attached hydrogen (secondary N) is 1. The predicted octanol–water partition coefficient (Wildman–Crippen LogP) is 3.66. The minimum Gasteiger partial charge on any atom is -0.496 e. The second-order valence-corrected chi connectivity index (χ2v) is 5.62. The van der Waals surface area contributed by atoms with Gasteiger partial charge in [-0.1, -0.05) is 31.4 Å². The van der Waals surface area contributed by atoms with Crippen molar-refractivity contribution in [3.63, 3.8) is 0 Å². The summed E-state index contributed by atoms with van der Waals surface area (Å²) in [6.45, 7) is 2.19. The lowest BCUT2D eigenvalue weighted by Crippen LogP contribution is -2.41. The number of halogens is 1. The van der Waals surface area contributed by atoms with Crippen molar-refractivity contribution in [3.8, 4) is 5.75 Å². The highest BCUT2D eigenvalue weighted by atomic mass is 35.5. The molecule has 1 aliphatic rings. The van der Waals surface area contributed by atoms with Crippen LogP contribution in [0.2, 0.25) is 5.02 Å². The fraction of sp³-hybridized carbons (Fsp3) is 0.533. The Kier molecular flexibility index (Phi) is 4.70. The van der Waals surface area contributed by atoms with E-state index >= 15 is 0 Å². The van der Waals surface area contributed by atoms with Crippen LogP contribution in [0.25, 0.3) is 0 Å². The molecule has 1 amide bonds. The molecule has 1 saturated carbocycles. The molecule has 0 bridgehead atoms. The van der Waals surface area contributed by atoms with Gasteiger partial charge in [0, 0.05) is 11.1 Å². The van der Waals surface area contributed by atoms with Gasteiger partial charge in [-0.3, -0.25) is 4.79 Å². The first-order valence-corrected chi connectivity index (χ1v) is 7.14. The lowest BCUT2D eigenvalue weighted by atomic mass is 9.86. The van der Waals surface area contributed by atoms with Gasteiger partial charge in [0.15, 0.2) is 0 Å². The summed E-state index contributed by atoms with van der Waals surface area (Å²) in [4.78, 5) is 12.3. The highest BCUT2D eigenvalue weighted by molar-refractivity contribution is 6.31. The Hall–Kier alpha value is -1.22. The molecule has 0 heterocycles. The monoisotopic (exact) mass is 281 g/mol. The Morgan fingerprint density at radius 3 is 2.79 bits per heavy atom. The quantitative estimate of drug-likeness (QED) is 0.918. The number of carbonyl (C=O) groups is 1. The maximum absolute atomic E-state index is 12.3. The van der Waals surface area contributed by atoms with Crippen LogP contribution in [0.15, 0.2) is 18.2 Å². The van der Waals surface area contributed by atoms with Gasteiger partial charge in [-0.2, -0.15) is 0 Å². The lowest BCUT2D eigenvalue weighted by molar-refractivity contribution is 0.0907. The molecule has 0 aromatic heterocycles. The molecular weight excluding hydrogens is 262 g/mol. The average molecular weight is 282 g/mol. The first-order valence-electron chi connectivity index (χ1n) is 6.76. The van der Waals surface area contributed by atoms with E-state index in [0.29, 0.717) is 22.3 Å². The van der Waals surface area contributed by atoms with Crippen molar-refractivity contribution in [2.24, 2.45) is 5.92 Å². The molecule has 4 heteroatoms. The maximum atomic E-state index is 12.3. The van der Waals surface area contributed by atoms with Gasteiger partial charge in [0.05, 0.1) is 12.7 Å². The van der Waals surface area contributed by atoms with Crippen LogP contribution in [-0.4, -0.2) is 19.1 Å². The molecule has 2 rings (SSSR count). The lowest BCUT2D eigenvalue weighted by Gasteiger charge is -2.29. The molecular formula is C15H20ClNO2. The summed E-state index contributed by atoms with van der Waals surface area (Å²) in [6.07, 6.45) is 4.67. The van der Waals surface area contributed by atoms with E-state index in [-0.39, 0.29) is 11.9 Å². The Bertz CT molecular complexity index is 461. The van der Waals surface area contributed by atoms with Crippen LogP contribution in [-0.2, 0) is 0 Å². The maximum Gasteiger partial charge on any atom is 0.255 e. The first kappa shape index (κ1) is 14.2. The topological polar surface area (TPSA) is 38.3 Å². The van der Waals surface area contributed by atoms with Gasteiger partial charge >= 0.3 is 0 Å². The van der Waals surface area contributed by atoms with E-state index in [1.807, 2.05) is 0 Å². The van der Waals surface area contributed by atoms with Crippen LogP contribution in [0.3, 0.4) is 0 Å². The second-order valence-electron chi connectivity index (χ2n) is 5.19. The normalized spacial score (nSPS) is 22.9. The smallest absolute Gasteiger partial charge is 0.255 e. The summed E-state index contributed by atoms with van der Waals surface area (Å²) in [5, 5.41) is 3.65. The van der Waals surface area contributed by atoms with Gasteiger partial charge in [0.25, 0.3) is 5.91 Å². The molecule has 0 spiro atoms. The molecule has 1 fully saturated rings. The Morgan fingerprint density at radius 2 is 2.11 bits per heavy atom.